The van der Waals surface area contributed by atoms with Gasteiger partial charge < -0.3 is 5.21 Å². The van der Waals surface area contributed by atoms with Crippen LogP contribution < -0.4 is 16.6 Å². The minimum absolute atomic E-state index is 0.0270. The van der Waals surface area contributed by atoms with E-state index in [4.69, 9.17) is 5.21 Å². The van der Waals surface area contributed by atoms with E-state index >= 15 is 0 Å². The Balaban J connectivity index is 2.74. The van der Waals surface area contributed by atoms with Gasteiger partial charge in [0.2, 0.25) is 11.8 Å². The third-order valence-electron chi connectivity index (χ3n) is 3.39. The first-order valence-electron chi connectivity index (χ1n) is 7.20. The minimum Gasteiger partial charge on any atom is -0.595 e. The van der Waals surface area contributed by atoms with Gasteiger partial charge >= 0.3 is 11.4 Å². The largest absolute Gasteiger partial charge is 0.595 e. The number of carbonyl (C=O) groups is 2. The average molecular weight is 336 g/mol. The number of hydrogen-bond donors (Lipinski definition) is 2. The van der Waals surface area contributed by atoms with Gasteiger partial charge in [-0.2, -0.15) is 14.6 Å². The summed E-state index contributed by atoms with van der Waals surface area (Å²) in [6.07, 6.45) is -0.142. The van der Waals surface area contributed by atoms with Gasteiger partial charge in [-0.25, -0.2) is 19.4 Å². The summed E-state index contributed by atoms with van der Waals surface area (Å²) in [5.41, 5.74) is -1.91. The standard InChI is InChI=1S/C14H16N4O6/c1-3-11(19)16-13(21)15(14(22)17(16)12(20)4-2)9-5-7-10(8-6-9)18(23)24/h5-8,18,23H,3-4H2,1-2H3. The van der Waals surface area contributed by atoms with Crippen LogP contribution in [0, 0.1) is 5.21 Å². The second-order valence-electron chi connectivity index (χ2n) is 4.87. The smallest absolute Gasteiger partial charge is 0.359 e. The van der Waals surface area contributed by atoms with Crippen molar-refractivity contribution in [1.29, 1.82) is 0 Å². The molecule has 10 nitrogen and oxygen atoms in total. The molecule has 128 valence electrons. The van der Waals surface area contributed by atoms with Gasteiger partial charge in [-0.3, -0.25) is 9.59 Å². The molecule has 1 aromatic heterocycles. The van der Waals surface area contributed by atoms with Crippen LogP contribution in [0.3, 0.4) is 0 Å². The highest BCUT2D eigenvalue weighted by molar-refractivity contribution is 5.83. The van der Waals surface area contributed by atoms with Crippen molar-refractivity contribution in [3.8, 4) is 5.69 Å². The zero-order chi connectivity index (χ0) is 18.0. The molecule has 1 atom stereocenters. The van der Waals surface area contributed by atoms with E-state index in [1.165, 1.54) is 38.1 Å². The Morgan fingerprint density at radius 2 is 1.42 bits per heavy atom. The molecule has 1 aromatic carbocycles. The van der Waals surface area contributed by atoms with Crippen LogP contribution in [0.4, 0.5) is 5.69 Å². The Bertz CT molecular complexity index is 840. The first-order chi connectivity index (χ1) is 11.3. The molecule has 0 radical (unpaired) electrons. The van der Waals surface area contributed by atoms with Gasteiger partial charge in [0.05, 0.1) is 5.69 Å². The van der Waals surface area contributed by atoms with Crippen molar-refractivity contribution in [1.82, 2.24) is 13.9 Å². The lowest BCUT2D eigenvalue weighted by Gasteiger charge is -2.11. The van der Waals surface area contributed by atoms with Gasteiger partial charge in [0.25, 0.3) is 0 Å². The average Bonchev–Trinajstić information content (AvgIpc) is 2.84. The van der Waals surface area contributed by atoms with Crippen molar-refractivity contribution in [3.63, 3.8) is 0 Å². The lowest BCUT2D eigenvalue weighted by atomic mass is 10.3. The molecule has 10 heteroatoms. The molecule has 1 heterocycles. The lowest BCUT2D eigenvalue weighted by molar-refractivity contribution is -0.991. The van der Waals surface area contributed by atoms with Crippen molar-refractivity contribution in [2.45, 2.75) is 26.7 Å². The van der Waals surface area contributed by atoms with Crippen LogP contribution in [0.2, 0.25) is 0 Å². The SMILES string of the molecule is CCC(=O)n1c(=O)n(-c2ccc([NH+]([O-])O)cc2)c(=O)n1C(=O)CC. The Labute approximate surface area is 135 Å². The van der Waals surface area contributed by atoms with Crippen molar-refractivity contribution in [3.05, 3.63) is 50.4 Å². The Hall–Kier alpha value is -2.82. The number of rotatable bonds is 4. The summed E-state index contributed by atoms with van der Waals surface area (Å²) in [6, 6.07) is 4.95. The molecular weight excluding hydrogens is 320 g/mol. The number of nitrogens with zero attached hydrogens (tertiary/aromatic N) is 3. The van der Waals surface area contributed by atoms with Crippen LogP contribution in [0.25, 0.3) is 5.69 Å². The number of aromatic nitrogens is 3. The van der Waals surface area contributed by atoms with E-state index in [0.717, 1.165) is 0 Å². The first kappa shape index (κ1) is 17.5. The monoisotopic (exact) mass is 336 g/mol. The van der Waals surface area contributed by atoms with Crippen LogP contribution in [0.15, 0.2) is 33.9 Å². The number of nitrogens with one attached hydrogen (secondary N) is 1. The highest BCUT2D eigenvalue weighted by atomic mass is 16.8. The summed E-state index contributed by atoms with van der Waals surface area (Å²) < 4.78 is 1.69. The molecule has 0 spiro atoms. The van der Waals surface area contributed by atoms with Gasteiger partial charge in [-0.15, -0.1) is 0 Å². The molecule has 24 heavy (non-hydrogen) atoms. The summed E-state index contributed by atoms with van der Waals surface area (Å²) in [4.78, 5) is 48.9. The molecule has 2 N–H and O–H groups in total. The predicted molar refractivity (Wildman–Crippen MR) is 81.9 cm³/mol. The zero-order valence-electron chi connectivity index (χ0n) is 13.1. The van der Waals surface area contributed by atoms with Gasteiger partial charge in [-0.1, -0.05) is 13.8 Å². The normalized spacial score (nSPS) is 12.2. The van der Waals surface area contributed by atoms with E-state index in [-0.39, 0.29) is 24.2 Å². The number of quaternary nitrogens is 1. The Kier molecular flexibility index (Phi) is 4.93. The summed E-state index contributed by atoms with van der Waals surface area (Å²) in [5, 5.41) is 18.6. The molecular formula is C14H16N4O6. The molecule has 0 saturated carbocycles. The van der Waals surface area contributed by atoms with E-state index in [9.17, 15) is 24.4 Å². The number of hydrogen-bond acceptors (Lipinski definition) is 6. The van der Waals surface area contributed by atoms with Crippen molar-refractivity contribution < 1.29 is 20.0 Å². The Morgan fingerprint density at radius 3 is 1.75 bits per heavy atom. The first-order valence-corrected chi connectivity index (χ1v) is 7.20. The molecule has 1 unspecified atom stereocenters. The van der Waals surface area contributed by atoms with Crippen LogP contribution in [0.5, 0.6) is 0 Å². The van der Waals surface area contributed by atoms with E-state index in [2.05, 4.69) is 0 Å². The summed E-state index contributed by atoms with van der Waals surface area (Å²) >= 11 is 0. The van der Waals surface area contributed by atoms with Crippen LogP contribution in [-0.2, 0) is 0 Å². The fourth-order valence-electron chi connectivity index (χ4n) is 2.15. The highest BCUT2D eigenvalue weighted by Gasteiger charge is 2.24. The van der Waals surface area contributed by atoms with Crippen molar-refractivity contribution in [2.24, 2.45) is 0 Å². The maximum atomic E-state index is 12.5. The molecule has 2 aromatic rings. The lowest BCUT2D eigenvalue weighted by Crippen LogP contribution is -2.99. The Morgan fingerprint density at radius 1 is 1.00 bits per heavy atom. The zero-order valence-corrected chi connectivity index (χ0v) is 13.1. The molecule has 0 saturated heterocycles. The third kappa shape index (κ3) is 2.85. The second kappa shape index (κ2) is 6.74. The molecule has 0 aliphatic carbocycles. The van der Waals surface area contributed by atoms with E-state index < -0.39 is 28.4 Å². The van der Waals surface area contributed by atoms with Crippen molar-refractivity contribution >= 4 is 17.5 Å². The van der Waals surface area contributed by atoms with Crippen LogP contribution in [0.1, 0.15) is 36.3 Å². The van der Waals surface area contributed by atoms with Gasteiger partial charge in [0, 0.05) is 25.0 Å². The molecule has 2 rings (SSSR count). The third-order valence-corrected chi connectivity index (χ3v) is 3.39. The number of carbonyl (C=O) groups excluding carboxylic acids is 2. The molecule has 0 fully saturated rings. The quantitative estimate of drug-likeness (QED) is 0.710. The van der Waals surface area contributed by atoms with Crippen LogP contribution >= 0.6 is 0 Å². The maximum Gasteiger partial charge on any atom is 0.359 e. The predicted octanol–water partition coefficient (Wildman–Crippen LogP) is -0.695. The molecule has 0 amide bonds. The van der Waals surface area contributed by atoms with Crippen LogP contribution in [-0.4, -0.2) is 31.0 Å². The number of benzene rings is 1. The summed E-state index contributed by atoms with van der Waals surface area (Å²) in [6.45, 7) is 3.00. The summed E-state index contributed by atoms with van der Waals surface area (Å²) in [7, 11) is 0. The van der Waals surface area contributed by atoms with Gasteiger partial charge in [-0.05, 0) is 12.1 Å². The second-order valence-corrected chi connectivity index (χ2v) is 4.87. The maximum absolute atomic E-state index is 12.5. The van der Waals surface area contributed by atoms with Gasteiger partial charge in [0.1, 0.15) is 0 Å². The van der Waals surface area contributed by atoms with Crippen molar-refractivity contribution in [2.75, 3.05) is 0 Å². The fourth-order valence-corrected chi connectivity index (χ4v) is 2.15. The van der Waals surface area contributed by atoms with Gasteiger partial charge in [0.15, 0.2) is 5.69 Å². The fraction of sp³-hybridized carbons (Fsp3) is 0.286. The minimum atomic E-state index is -1.16. The molecule has 0 aliphatic rings. The topological polar surface area (TPSA) is 131 Å². The van der Waals surface area contributed by atoms with E-state index in [1.54, 1.807) is 0 Å². The van der Waals surface area contributed by atoms with E-state index in [0.29, 0.717) is 13.9 Å². The highest BCUT2D eigenvalue weighted by Crippen LogP contribution is 2.07. The molecule has 0 aliphatic heterocycles. The van der Waals surface area contributed by atoms with E-state index in [1.807, 2.05) is 0 Å². The summed E-state index contributed by atoms with van der Waals surface area (Å²) in [5.74, 6) is -1.39. The molecule has 0 bridgehead atoms.